The van der Waals surface area contributed by atoms with Gasteiger partial charge in [0.15, 0.2) is 0 Å². The summed E-state index contributed by atoms with van der Waals surface area (Å²) in [6.07, 6.45) is 3.36. The molecule has 5 heteroatoms. The van der Waals surface area contributed by atoms with Crippen molar-refractivity contribution in [2.75, 3.05) is 5.32 Å². The Labute approximate surface area is 168 Å². The molecule has 2 aromatic carbocycles. The molecule has 0 bridgehead atoms. The monoisotopic (exact) mass is 466 g/mol. The van der Waals surface area contributed by atoms with Crippen molar-refractivity contribution >= 4 is 45.1 Å². The maximum atomic E-state index is 3.52. The van der Waals surface area contributed by atoms with E-state index in [0.29, 0.717) is 0 Å². The van der Waals surface area contributed by atoms with Crippen LogP contribution in [0, 0.1) is 0 Å². The van der Waals surface area contributed by atoms with Gasteiger partial charge in [0, 0.05) is 10.5 Å². The Bertz CT molecular complexity index is 888. The number of rotatable bonds is 3. The summed E-state index contributed by atoms with van der Waals surface area (Å²) in [6.45, 7) is 5.45. The lowest BCUT2D eigenvalue weighted by Gasteiger charge is -1.99. The van der Waals surface area contributed by atoms with Crippen LogP contribution in [0.1, 0.15) is 24.4 Å². The normalized spacial score (nSPS) is 14.5. The fourth-order valence-electron chi connectivity index (χ4n) is 3.05. The summed E-state index contributed by atoms with van der Waals surface area (Å²) in [5.41, 5.74) is 4.04. The van der Waals surface area contributed by atoms with E-state index in [2.05, 4.69) is 72.3 Å². The van der Waals surface area contributed by atoms with Crippen LogP contribution < -0.4 is 33.9 Å². The summed E-state index contributed by atoms with van der Waals surface area (Å²) < 4.78 is 3.82. The lowest BCUT2D eigenvalue weighted by atomic mass is 10.1. The van der Waals surface area contributed by atoms with Crippen molar-refractivity contribution < 1.29 is 28.5 Å². The smallest absolute Gasteiger partial charge is 0.265 e. The van der Waals surface area contributed by atoms with Gasteiger partial charge in [-0.3, -0.25) is 0 Å². The van der Waals surface area contributed by atoms with Crippen LogP contribution in [-0.2, 0) is 13.0 Å². The fraction of sp³-hybridized carbons (Fsp3) is 0.211. The third-order valence-electron chi connectivity index (χ3n) is 4.15. The first kappa shape index (κ1) is 17.8. The summed E-state index contributed by atoms with van der Waals surface area (Å²) in [6, 6.07) is 15.1. The Morgan fingerprint density at radius 3 is 2.67 bits per heavy atom. The minimum atomic E-state index is 0. The number of halogens is 1. The first-order valence-electron chi connectivity index (χ1n) is 8.00. The molecule has 1 aromatic heterocycles. The lowest BCUT2D eigenvalue weighted by molar-refractivity contribution is -0.665. The van der Waals surface area contributed by atoms with Crippen LogP contribution in [0.2, 0.25) is 0 Å². The molecule has 1 N–H and O–H groups in total. The molecule has 124 valence electrons. The molecule has 0 aliphatic carbocycles. The highest BCUT2D eigenvalue weighted by molar-refractivity contribution is 8.03. The highest BCUT2D eigenvalue weighted by Gasteiger charge is 2.22. The van der Waals surface area contributed by atoms with E-state index in [4.69, 9.17) is 0 Å². The number of hydrogen-bond donors (Lipinski definition) is 1. The molecule has 4 rings (SSSR count). The highest BCUT2D eigenvalue weighted by atomic mass is 127. The number of benzene rings is 2. The largest absolute Gasteiger partial charge is 1.00 e. The molecule has 3 aromatic rings. The Balaban J connectivity index is 0.00000169. The zero-order valence-corrected chi connectivity index (χ0v) is 17.5. The zero-order chi connectivity index (χ0) is 15.8. The van der Waals surface area contributed by atoms with Crippen LogP contribution in [0.15, 0.2) is 52.4 Å². The number of thiazole rings is 1. The van der Waals surface area contributed by atoms with Crippen LogP contribution in [0.4, 0.5) is 5.69 Å². The molecule has 0 radical (unpaired) electrons. The Morgan fingerprint density at radius 2 is 1.92 bits per heavy atom. The minimum Gasteiger partial charge on any atom is -1.00 e. The predicted octanol–water partition coefficient (Wildman–Crippen LogP) is 2.29. The molecule has 0 amide bonds. The van der Waals surface area contributed by atoms with Gasteiger partial charge < -0.3 is 29.3 Å². The van der Waals surface area contributed by atoms with Crippen molar-refractivity contribution in [3.05, 3.63) is 58.1 Å². The molecular formula is C19H19IN2S2. The van der Waals surface area contributed by atoms with Gasteiger partial charge in [-0.2, -0.15) is 4.57 Å². The van der Waals surface area contributed by atoms with Gasteiger partial charge in [0.1, 0.15) is 11.2 Å². The van der Waals surface area contributed by atoms with E-state index < -0.39 is 0 Å². The van der Waals surface area contributed by atoms with E-state index in [-0.39, 0.29) is 24.0 Å². The Morgan fingerprint density at radius 1 is 1.08 bits per heavy atom. The summed E-state index contributed by atoms with van der Waals surface area (Å²) in [4.78, 5) is 1.30. The molecule has 24 heavy (non-hydrogen) atoms. The van der Waals surface area contributed by atoms with Crippen LogP contribution in [-0.4, -0.2) is 0 Å². The number of aryl methyl sites for hydroxylation is 2. The second kappa shape index (κ2) is 7.45. The van der Waals surface area contributed by atoms with E-state index >= 15 is 0 Å². The van der Waals surface area contributed by atoms with Crippen LogP contribution in [0.5, 0.6) is 0 Å². The maximum absolute atomic E-state index is 3.52. The number of anilines is 1. The molecule has 0 saturated heterocycles. The standard InChI is InChI=1S/C19H18N2S2.HI/c1-3-13-8-7-11-16-19(13)21(4-2)18(23-16)12-17-20-14-9-5-6-10-15(14)22-17;/h5-12H,3-4H2,1-2H3;1H. The van der Waals surface area contributed by atoms with Crippen molar-refractivity contribution in [2.45, 2.75) is 31.7 Å². The first-order valence-corrected chi connectivity index (χ1v) is 9.63. The number of nitrogens with one attached hydrogen (secondary N) is 1. The Kier molecular flexibility index (Phi) is 5.52. The molecule has 0 saturated carbocycles. The second-order valence-corrected chi connectivity index (χ2v) is 7.68. The molecule has 1 aliphatic heterocycles. The Hall–Kier alpha value is -1.05. The molecule has 2 nitrogen and oxygen atoms in total. The van der Waals surface area contributed by atoms with Gasteiger partial charge in [-0.15, -0.1) is 0 Å². The summed E-state index contributed by atoms with van der Waals surface area (Å²) >= 11 is 3.69. The fourth-order valence-corrected chi connectivity index (χ4v) is 5.29. The van der Waals surface area contributed by atoms with Crippen molar-refractivity contribution in [3.63, 3.8) is 0 Å². The van der Waals surface area contributed by atoms with Gasteiger partial charge in [-0.25, -0.2) is 0 Å². The quantitative estimate of drug-likeness (QED) is 0.471. The summed E-state index contributed by atoms with van der Waals surface area (Å²) in [5, 5.41) is 6.04. The maximum Gasteiger partial charge on any atom is 0.265 e. The van der Waals surface area contributed by atoms with Gasteiger partial charge in [0.25, 0.3) is 5.01 Å². The molecule has 2 heterocycles. The van der Waals surface area contributed by atoms with Crippen molar-refractivity contribution in [3.8, 4) is 0 Å². The number of para-hydroxylation sites is 2. The van der Waals surface area contributed by atoms with Gasteiger partial charge in [0.05, 0.1) is 16.8 Å². The van der Waals surface area contributed by atoms with Crippen LogP contribution in [0.3, 0.4) is 0 Å². The number of thioether (sulfide) groups is 1. The van der Waals surface area contributed by atoms with E-state index in [1.54, 1.807) is 0 Å². The average Bonchev–Trinajstić information content (AvgIpc) is 3.14. The SMILES string of the molecule is CCc1cccc2sc(C=C3Nc4ccccc4S3)[n+](CC)c12.[I-]. The number of aromatic nitrogens is 1. The van der Waals surface area contributed by atoms with Crippen molar-refractivity contribution in [2.24, 2.45) is 0 Å². The summed E-state index contributed by atoms with van der Waals surface area (Å²) in [7, 11) is 0. The van der Waals surface area contributed by atoms with E-state index in [0.717, 1.165) is 13.0 Å². The molecule has 0 atom stereocenters. The number of fused-ring (bicyclic) bond motifs is 2. The van der Waals surface area contributed by atoms with Crippen molar-refractivity contribution in [1.29, 1.82) is 0 Å². The molecule has 0 spiro atoms. The van der Waals surface area contributed by atoms with Crippen LogP contribution in [0.25, 0.3) is 16.3 Å². The van der Waals surface area contributed by atoms with Gasteiger partial charge in [0.2, 0.25) is 5.52 Å². The molecule has 0 fully saturated rings. The number of nitrogens with zero attached hydrogens (tertiary/aromatic N) is 1. The van der Waals surface area contributed by atoms with E-state index in [1.165, 1.54) is 36.4 Å². The number of hydrogen-bond acceptors (Lipinski definition) is 3. The van der Waals surface area contributed by atoms with Gasteiger partial charge >= 0.3 is 0 Å². The lowest BCUT2D eigenvalue weighted by Crippen LogP contribution is -3.00. The van der Waals surface area contributed by atoms with E-state index in [9.17, 15) is 0 Å². The minimum absolute atomic E-state index is 0. The summed E-state index contributed by atoms with van der Waals surface area (Å²) in [5.74, 6) is 0. The third-order valence-corrected chi connectivity index (χ3v) is 6.26. The van der Waals surface area contributed by atoms with Crippen molar-refractivity contribution in [1.82, 2.24) is 0 Å². The van der Waals surface area contributed by atoms with Crippen LogP contribution >= 0.6 is 23.1 Å². The van der Waals surface area contributed by atoms with Gasteiger partial charge in [-0.1, -0.05) is 54.3 Å². The predicted molar refractivity (Wildman–Crippen MR) is 101 cm³/mol. The van der Waals surface area contributed by atoms with Gasteiger partial charge in [-0.05, 0) is 31.5 Å². The molecular weight excluding hydrogens is 447 g/mol. The third kappa shape index (κ3) is 3.09. The van der Waals surface area contributed by atoms with E-state index in [1.807, 2.05) is 23.1 Å². The zero-order valence-electron chi connectivity index (χ0n) is 13.7. The topological polar surface area (TPSA) is 15.9 Å². The second-order valence-electron chi connectivity index (χ2n) is 5.53. The average molecular weight is 466 g/mol. The first-order chi connectivity index (χ1) is 11.3. The molecule has 0 unspecified atom stereocenters. The highest BCUT2D eigenvalue weighted by Crippen LogP contribution is 2.41. The molecule has 1 aliphatic rings.